The van der Waals surface area contributed by atoms with Gasteiger partial charge in [0.15, 0.2) is 0 Å². The molecule has 0 atom stereocenters. The van der Waals surface area contributed by atoms with Crippen LogP contribution in [0.5, 0.6) is 0 Å². The Labute approximate surface area is 227 Å². The number of hydrogen-bond acceptors (Lipinski definition) is 6. The molecule has 0 heterocycles. The fourth-order valence-corrected chi connectivity index (χ4v) is 2.72. The molecule has 0 spiro atoms. The van der Waals surface area contributed by atoms with Crippen LogP contribution < -0.4 is 0 Å². The largest absolute Gasteiger partial charge is 0.481 e. The van der Waals surface area contributed by atoms with E-state index in [-0.39, 0.29) is 55.6 Å². The third-order valence-corrected chi connectivity index (χ3v) is 4.59. The summed E-state index contributed by atoms with van der Waals surface area (Å²) in [6, 6.07) is 0. The Hall–Kier alpha value is -2.66. The van der Waals surface area contributed by atoms with Gasteiger partial charge in [0.1, 0.15) is 0 Å². The van der Waals surface area contributed by atoms with E-state index in [0.29, 0.717) is 38.5 Å². The molecule has 37 heavy (non-hydrogen) atoms. The van der Waals surface area contributed by atoms with Gasteiger partial charge in [0.25, 0.3) is 0 Å². The predicted octanol–water partition coefficient (Wildman–Crippen LogP) is 4.49. The van der Waals surface area contributed by atoms with Crippen molar-refractivity contribution in [2.24, 2.45) is 0 Å². The fourth-order valence-electron chi connectivity index (χ4n) is 2.72. The summed E-state index contributed by atoms with van der Waals surface area (Å²) in [6.45, 7) is 0. The van der Waals surface area contributed by atoms with E-state index in [0.717, 1.165) is 38.5 Å². The molecule has 0 fully saturated rings. The zero-order valence-electron chi connectivity index (χ0n) is 21.2. The molecule has 0 amide bonds. The first-order valence-corrected chi connectivity index (χ1v) is 12.2. The van der Waals surface area contributed by atoms with Gasteiger partial charge >= 0.3 is 35.8 Å². The number of aliphatic carboxylic acids is 6. The second-order valence-electron chi connectivity index (χ2n) is 8.11. The van der Waals surface area contributed by atoms with Crippen molar-refractivity contribution in [3.05, 3.63) is 0 Å². The molecule has 0 saturated heterocycles. The van der Waals surface area contributed by atoms with Crippen molar-refractivity contribution in [1.29, 1.82) is 0 Å². The van der Waals surface area contributed by atoms with E-state index in [1.54, 1.807) is 0 Å². The minimum absolute atomic E-state index is 0. The standard InChI is InChI=1S/3C8H14O4.Fe/c3*9-7(10)5-3-1-2-4-6-8(11)12;/h3*1-6H2,(H,9,10)(H,11,12);. The molecule has 218 valence electrons. The van der Waals surface area contributed by atoms with E-state index >= 15 is 0 Å². The predicted molar refractivity (Wildman–Crippen MR) is 129 cm³/mol. The van der Waals surface area contributed by atoms with Crippen molar-refractivity contribution in [1.82, 2.24) is 0 Å². The summed E-state index contributed by atoms with van der Waals surface area (Å²) in [4.78, 5) is 60.3. The molecule has 0 aliphatic carbocycles. The molecule has 0 unspecified atom stereocenters. The van der Waals surface area contributed by atoms with E-state index in [1.807, 2.05) is 0 Å². The van der Waals surface area contributed by atoms with Crippen LogP contribution in [0.25, 0.3) is 0 Å². The topological polar surface area (TPSA) is 224 Å². The van der Waals surface area contributed by atoms with Gasteiger partial charge in [0.05, 0.1) is 0 Å². The average Bonchev–Trinajstić information content (AvgIpc) is 2.75. The Bertz CT molecular complexity index is 498. The van der Waals surface area contributed by atoms with Crippen molar-refractivity contribution in [2.45, 2.75) is 116 Å². The number of carbonyl (C=O) groups is 6. The molecule has 0 aromatic rings. The summed E-state index contributed by atoms with van der Waals surface area (Å²) in [5, 5.41) is 49.6. The number of hydrogen-bond donors (Lipinski definition) is 6. The summed E-state index contributed by atoms with van der Waals surface area (Å²) < 4.78 is 0. The summed E-state index contributed by atoms with van der Waals surface area (Å²) in [5.41, 5.74) is 0. The Morgan fingerprint density at radius 3 is 0.459 bits per heavy atom. The maximum atomic E-state index is 10.0. The van der Waals surface area contributed by atoms with Gasteiger partial charge in [-0.25, -0.2) is 0 Å². The fraction of sp³-hybridized carbons (Fsp3) is 0.750. The molecule has 0 aliphatic rings. The van der Waals surface area contributed by atoms with Crippen LogP contribution in [0.3, 0.4) is 0 Å². The first-order valence-electron chi connectivity index (χ1n) is 12.2. The Balaban J connectivity index is -0.000000218. The first kappa shape index (κ1) is 41.5. The summed E-state index contributed by atoms with van der Waals surface area (Å²) >= 11 is 0. The summed E-state index contributed by atoms with van der Waals surface area (Å²) in [5.74, 6) is -4.70. The third-order valence-electron chi connectivity index (χ3n) is 4.59. The van der Waals surface area contributed by atoms with Crippen LogP contribution in [-0.4, -0.2) is 66.5 Å². The molecule has 0 aliphatic heterocycles. The average molecular weight is 578 g/mol. The van der Waals surface area contributed by atoms with Crippen molar-refractivity contribution in [3.8, 4) is 0 Å². The zero-order valence-corrected chi connectivity index (χ0v) is 22.3. The number of carboxylic acid groups (broad SMARTS) is 6. The van der Waals surface area contributed by atoms with Gasteiger partial charge in [-0.05, 0) is 38.5 Å². The van der Waals surface area contributed by atoms with Gasteiger partial charge in [-0.3, -0.25) is 28.8 Å². The molecular formula is C24H42FeO12. The van der Waals surface area contributed by atoms with Gasteiger partial charge in [-0.15, -0.1) is 0 Å². The van der Waals surface area contributed by atoms with Gasteiger partial charge in [0.2, 0.25) is 0 Å². The maximum absolute atomic E-state index is 10.0. The minimum Gasteiger partial charge on any atom is -0.481 e. The van der Waals surface area contributed by atoms with Crippen LogP contribution in [0.2, 0.25) is 0 Å². The monoisotopic (exact) mass is 578 g/mol. The van der Waals surface area contributed by atoms with Crippen LogP contribution in [-0.2, 0) is 45.8 Å². The smallest absolute Gasteiger partial charge is 0.303 e. The Morgan fingerprint density at radius 1 is 0.270 bits per heavy atom. The molecule has 12 nitrogen and oxygen atoms in total. The molecule has 0 bridgehead atoms. The second-order valence-corrected chi connectivity index (χ2v) is 8.11. The van der Waals surface area contributed by atoms with Crippen LogP contribution in [0.15, 0.2) is 0 Å². The molecule has 0 rings (SSSR count). The quantitative estimate of drug-likeness (QED) is 0.0819. The van der Waals surface area contributed by atoms with Crippen molar-refractivity contribution >= 4 is 35.8 Å². The van der Waals surface area contributed by atoms with E-state index in [1.165, 1.54) is 0 Å². The van der Waals surface area contributed by atoms with Crippen LogP contribution in [0, 0.1) is 0 Å². The molecule has 0 saturated carbocycles. The van der Waals surface area contributed by atoms with Crippen LogP contribution in [0.1, 0.15) is 116 Å². The molecule has 6 N–H and O–H groups in total. The molecule has 0 aromatic heterocycles. The van der Waals surface area contributed by atoms with E-state index < -0.39 is 35.8 Å². The SMILES string of the molecule is O=C(O)CCCCCCC(=O)O.O=C(O)CCCCCCC(=O)O.O=C(O)CCCCCCC(=O)O.[Fe]. The van der Waals surface area contributed by atoms with E-state index in [9.17, 15) is 28.8 Å². The molecule has 0 radical (unpaired) electrons. The van der Waals surface area contributed by atoms with Gasteiger partial charge in [0, 0.05) is 55.6 Å². The zero-order chi connectivity index (χ0) is 28.2. The van der Waals surface area contributed by atoms with E-state index in [4.69, 9.17) is 30.6 Å². The number of unbranched alkanes of at least 4 members (excludes halogenated alkanes) is 9. The van der Waals surface area contributed by atoms with Gasteiger partial charge in [-0.2, -0.15) is 0 Å². The van der Waals surface area contributed by atoms with Gasteiger partial charge in [-0.1, -0.05) is 38.5 Å². The second kappa shape index (κ2) is 31.4. The summed E-state index contributed by atoms with van der Waals surface area (Å²) in [7, 11) is 0. The first-order chi connectivity index (χ1) is 16.9. The Kier molecular flexibility index (Phi) is 35.2. The normalized spacial score (nSPS) is 9.41. The minimum atomic E-state index is -0.784. The van der Waals surface area contributed by atoms with Crippen molar-refractivity contribution in [2.75, 3.05) is 0 Å². The number of carboxylic acids is 6. The van der Waals surface area contributed by atoms with Crippen molar-refractivity contribution < 1.29 is 76.5 Å². The Morgan fingerprint density at radius 2 is 0.378 bits per heavy atom. The third kappa shape index (κ3) is 55.3. The van der Waals surface area contributed by atoms with Crippen LogP contribution in [0.4, 0.5) is 0 Å². The van der Waals surface area contributed by atoms with Crippen molar-refractivity contribution in [3.63, 3.8) is 0 Å². The summed E-state index contributed by atoms with van der Waals surface area (Å²) in [6.07, 6.45) is 9.84. The molecule has 13 heteroatoms. The number of rotatable bonds is 21. The van der Waals surface area contributed by atoms with Gasteiger partial charge < -0.3 is 30.6 Å². The van der Waals surface area contributed by atoms with E-state index in [2.05, 4.69) is 0 Å². The van der Waals surface area contributed by atoms with Crippen LogP contribution >= 0.6 is 0 Å². The molecular weight excluding hydrogens is 536 g/mol. The maximum Gasteiger partial charge on any atom is 0.303 e. The molecule has 0 aromatic carbocycles.